The molecule has 4 N–H and O–H groups in total. The average Bonchev–Trinajstić information content (AvgIpc) is 3.23. The van der Waals surface area contributed by atoms with E-state index in [-0.39, 0.29) is 22.5 Å². The van der Waals surface area contributed by atoms with Crippen LogP contribution in [0.15, 0.2) is 65.7 Å². The number of alkyl halides is 3. The number of rotatable bonds is 5. The standard InChI is InChI=1S/C24H21F3N6O2/c1-13(15-8-16(24(25,26)27)11-17(28)9-15)21-19(22(29)35)6-7-20(34)33(21)18-5-3-4-14(10-18)23-30-12-31-32(23)2/h3-13H,28H2,1-2H3,(H2,29,35)/t13-/m1/s1. The second-order valence-electron chi connectivity index (χ2n) is 8.04. The minimum Gasteiger partial charge on any atom is -0.399 e. The van der Waals surface area contributed by atoms with Crippen molar-refractivity contribution in [1.29, 1.82) is 0 Å². The van der Waals surface area contributed by atoms with Crippen molar-refractivity contribution in [2.45, 2.75) is 19.0 Å². The predicted molar refractivity (Wildman–Crippen MR) is 124 cm³/mol. The van der Waals surface area contributed by atoms with Gasteiger partial charge in [0.2, 0.25) is 0 Å². The van der Waals surface area contributed by atoms with Gasteiger partial charge in [0.05, 0.1) is 11.1 Å². The number of benzene rings is 2. The molecule has 35 heavy (non-hydrogen) atoms. The van der Waals surface area contributed by atoms with E-state index in [1.54, 1.807) is 42.9 Å². The molecule has 2 aromatic heterocycles. The average molecular weight is 482 g/mol. The molecule has 2 heterocycles. The van der Waals surface area contributed by atoms with Crippen LogP contribution in [-0.4, -0.2) is 25.2 Å². The van der Waals surface area contributed by atoms with E-state index in [0.29, 0.717) is 17.1 Å². The first-order valence-electron chi connectivity index (χ1n) is 10.5. The molecule has 0 spiro atoms. The lowest BCUT2D eigenvalue weighted by molar-refractivity contribution is -0.137. The minimum atomic E-state index is -4.63. The van der Waals surface area contributed by atoms with Gasteiger partial charge in [0, 0.05) is 41.7 Å². The summed E-state index contributed by atoms with van der Waals surface area (Å²) in [6.45, 7) is 1.58. The van der Waals surface area contributed by atoms with E-state index in [9.17, 15) is 22.8 Å². The third kappa shape index (κ3) is 4.52. The Balaban J connectivity index is 1.97. The molecule has 0 unspecified atom stereocenters. The van der Waals surface area contributed by atoms with Crippen LogP contribution in [0.2, 0.25) is 0 Å². The van der Waals surface area contributed by atoms with Crippen LogP contribution in [0.1, 0.15) is 40.0 Å². The zero-order valence-electron chi connectivity index (χ0n) is 18.7. The second kappa shape index (κ2) is 8.75. The fourth-order valence-electron chi connectivity index (χ4n) is 4.05. The van der Waals surface area contributed by atoms with Gasteiger partial charge >= 0.3 is 6.18 Å². The molecule has 0 bridgehead atoms. The molecule has 4 rings (SSSR count). The van der Waals surface area contributed by atoms with Crippen molar-refractivity contribution in [2.75, 3.05) is 5.73 Å². The molecular formula is C24H21F3N6O2. The van der Waals surface area contributed by atoms with Gasteiger partial charge < -0.3 is 11.5 Å². The summed E-state index contributed by atoms with van der Waals surface area (Å²) in [5.74, 6) is -1.15. The van der Waals surface area contributed by atoms with Crippen molar-refractivity contribution < 1.29 is 18.0 Å². The van der Waals surface area contributed by atoms with Gasteiger partial charge in [-0.25, -0.2) is 9.67 Å². The van der Waals surface area contributed by atoms with Crippen LogP contribution in [-0.2, 0) is 13.2 Å². The van der Waals surface area contributed by atoms with Gasteiger partial charge in [0.15, 0.2) is 5.82 Å². The quantitative estimate of drug-likeness (QED) is 0.422. The number of nitrogens with zero attached hydrogens (tertiary/aromatic N) is 4. The number of hydrogen-bond acceptors (Lipinski definition) is 5. The van der Waals surface area contributed by atoms with Gasteiger partial charge in [0.25, 0.3) is 11.5 Å². The van der Waals surface area contributed by atoms with Crippen LogP contribution in [0.3, 0.4) is 0 Å². The third-order valence-electron chi connectivity index (χ3n) is 5.68. The Kier molecular flexibility index (Phi) is 5.93. The second-order valence-corrected chi connectivity index (χ2v) is 8.04. The van der Waals surface area contributed by atoms with Crippen LogP contribution < -0.4 is 17.0 Å². The van der Waals surface area contributed by atoms with Crippen molar-refractivity contribution in [3.63, 3.8) is 0 Å². The summed E-state index contributed by atoms with van der Waals surface area (Å²) < 4.78 is 43.1. The molecule has 180 valence electrons. The summed E-state index contributed by atoms with van der Waals surface area (Å²) in [5.41, 5.74) is 11.2. The van der Waals surface area contributed by atoms with Crippen molar-refractivity contribution in [3.05, 3.63) is 93.7 Å². The molecule has 0 saturated heterocycles. The fourth-order valence-corrected chi connectivity index (χ4v) is 4.05. The van der Waals surface area contributed by atoms with Crippen LogP contribution in [0.5, 0.6) is 0 Å². The summed E-state index contributed by atoms with van der Waals surface area (Å²) in [4.78, 5) is 29.6. The Hall–Kier alpha value is -4.41. The van der Waals surface area contributed by atoms with Crippen molar-refractivity contribution >= 4 is 11.6 Å². The fraction of sp³-hybridized carbons (Fsp3) is 0.167. The number of primary amides is 1. The summed E-state index contributed by atoms with van der Waals surface area (Å²) in [6.07, 6.45) is -3.25. The molecule has 0 aliphatic rings. The Bertz CT molecular complexity index is 1490. The maximum atomic E-state index is 13.4. The summed E-state index contributed by atoms with van der Waals surface area (Å²) in [5, 5.41) is 4.04. The molecule has 1 amide bonds. The molecule has 8 nitrogen and oxygen atoms in total. The highest BCUT2D eigenvalue weighted by molar-refractivity contribution is 5.94. The van der Waals surface area contributed by atoms with E-state index < -0.39 is 29.1 Å². The number of hydrogen-bond donors (Lipinski definition) is 2. The normalized spacial score (nSPS) is 12.5. The van der Waals surface area contributed by atoms with Gasteiger partial charge in [-0.3, -0.25) is 14.2 Å². The van der Waals surface area contributed by atoms with Crippen molar-refractivity contribution in [3.8, 4) is 17.1 Å². The molecule has 0 saturated carbocycles. The molecule has 1 atom stereocenters. The number of anilines is 1. The third-order valence-corrected chi connectivity index (χ3v) is 5.68. The number of nitrogens with two attached hydrogens (primary N) is 2. The first-order valence-corrected chi connectivity index (χ1v) is 10.5. The van der Waals surface area contributed by atoms with E-state index in [0.717, 1.165) is 12.1 Å². The van der Waals surface area contributed by atoms with Crippen LogP contribution in [0.25, 0.3) is 17.1 Å². The molecule has 0 radical (unpaired) electrons. The maximum Gasteiger partial charge on any atom is 0.416 e. The SMILES string of the molecule is C[C@H](c1cc(N)cc(C(F)(F)F)c1)c1c(C(N)=O)ccc(=O)n1-c1cccc(-c2ncnn2C)c1. The number of aromatic nitrogens is 4. The number of carbonyl (C=O) groups is 1. The van der Waals surface area contributed by atoms with Gasteiger partial charge in [-0.05, 0) is 42.0 Å². The van der Waals surface area contributed by atoms with Crippen LogP contribution >= 0.6 is 0 Å². The van der Waals surface area contributed by atoms with E-state index >= 15 is 0 Å². The first-order chi connectivity index (χ1) is 16.5. The summed E-state index contributed by atoms with van der Waals surface area (Å²) in [7, 11) is 1.71. The lowest BCUT2D eigenvalue weighted by atomic mass is 9.91. The summed E-state index contributed by atoms with van der Waals surface area (Å²) in [6, 6.07) is 12.4. The minimum absolute atomic E-state index is 0.00264. The van der Waals surface area contributed by atoms with Gasteiger partial charge in [-0.1, -0.05) is 19.1 Å². The number of amides is 1. The van der Waals surface area contributed by atoms with Gasteiger partial charge in [-0.15, -0.1) is 0 Å². The highest BCUT2D eigenvalue weighted by atomic mass is 19.4. The van der Waals surface area contributed by atoms with Crippen LogP contribution in [0.4, 0.5) is 18.9 Å². The zero-order chi connectivity index (χ0) is 25.5. The molecule has 4 aromatic rings. The highest BCUT2D eigenvalue weighted by Gasteiger charge is 2.32. The van der Waals surface area contributed by atoms with Crippen LogP contribution in [0, 0.1) is 0 Å². The monoisotopic (exact) mass is 482 g/mol. The van der Waals surface area contributed by atoms with E-state index in [1.807, 2.05) is 0 Å². The van der Waals surface area contributed by atoms with Crippen molar-refractivity contribution in [2.24, 2.45) is 12.8 Å². The lowest BCUT2D eigenvalue weighted by Gasteiger charge is -2.23. The maximum absolute atomic E-state index is 13.4. The molecule has 2 aromatic carbocycles. The zero-order valence-corrected chi connectivity index (χ0v) is 18.7. The van der Waals surface area contributed by atoms with E-state index in [2.05, 4.69) is 10.1 Å². The molecular weight excluding hydrogens is 461 g/mol. The highest BCUT2D eigenvalue weighted by Crippen LogP contribution is 2.36. The Labute approximate surface area is 197 Å². The first kappa shape index (κ1) is 23.7. The number of pyridine rings is 1. The molecule has 0 aliphatic carbocycles. The largest absolute Gasteiger partial charge is 0.416 e. The van der Waals surface area contributed by atoms with E-state index in [1.165, 1.54) is 29.1 Å². The number of halogens is 3. The van der Waals surface area contributed by atoms with Gasteiger partial charge in [-0.2, -0.15) is 18.3 Å². The smallest absolute Gasteiger partial charge is 0.399 e. The topological polar surface area (TPSA) is 122 Å². The predicted octanol–water partition coefficient (Wildman–Crippen LogP) is 3.48. The number of nitrogen functional groups attached to an aromatic ring is 1. The molecule has 0 aliphatic heterocycles. The van der Waals surface area contributed by atoms with Crippen molar-refractivity contribution in [1.82, 2.24) is 19.3 Å². The number of aryl methyl sites for hydroxylation is 1. The Morgan fingerprint density at radius 2 is 1.83 bits per heavy atom. The molecule has 11 heteroatoms. The lowest BCUT2D eigenvalue weighted by Crippen LogP contribution is -2.28. The molecule has 0 fully saturated rings. The van der Waals surface area contributed by atoms with E-state index in [4.69, 9.17) is 11.5 Å². The van der Waals surface area contributed by atoms with Gasteiger partial charge in [0.1, 0.15) is 6.33 Å². The Morgan fingerprint density at radius 3 is 2.46 bits per heavy atom. The number of carbonyl (C=O) groups excluding carboxylic acids is 1. The Morgan fingerprint density at radius 1 is 1.09 bits per heavy atom. The summed E-state index contributed by atoms with van der Waals surface area (Å²) >= 11 is 0.